The lowest BCUT2D eigenvalue weighted by atomic mass is 10.0. The highest BCUT2D eigenvalue weighted by molar-refractivity contribution is 7.12. The normalized spacial score (nSPS) is 12.0. The standard InChI is InChI=1S/C18H22N2O3S/c1-12(2)15(8-9-21)20-17(22)13-5-3-6-14(11-13)19-18(23)16-7-4-10-24-16/h3-7,10-12,15,21H,8-9H2,1-2H3,(H,19,23)(H,20,22). The number of aliphatic hydroxyl groups is 1. The zero-order valence-electron chi connectivity index (χ0n) is 13.8. The number of aliphatic hydroxyl groups excluding tert-OH is 1. The maximum absolute atomic E-state index is 12.4. The number of rotatable bonds is 7. The first-order valence-electron chi connectivity index (χ1n) is 7.88. The molecule has 1 aromatic heterocycles. The Morgan fingerprint density at radius 2 is 1.96 bits per heavy atom. The Labute approximate surface area is 145 Å². The topological polar surface area (TPSA) is 78.4 Å². The molecule has 2 aromatic rings. The number of carbonyl (C=O) groups is 2. The quantitative estimate of drug-likeness (QED) is 0.721. The highest BCUT2D eigenvalue weighted by atomic mass is 32.1. The summed E-state index contributed by atoms with van der Waals surface area (Å²) in [5.74, 6) is -0.180. The number of hydrogen-bond donors (Lipinski definition) is 3. The smallest absolute Gasteiger partial charge is 0.265 e. The van der Waals surface area contributed by atoms with Crippen molar-refractivity contribution < 1.29 is 14.7 Å². The van der Waals surface area contributed by atoms with Crippen molar-refractivity contribution in [2.75, 3.05) is 11.9 Å². The van der Waals surface area contributed by atoms with Crippen molar-refractivity contribution in [2.24, 2.45) is 5.92 Å². The molecule has 128 valence electrons. The van der Waals surface area contributed by atoms with Crippen molar-refractivity contribution in [1.82, 2.24) is 5.32 Å². The summed E-state index contributed by atoms with van der Waals surface area (Å²) in [4.78, 5) is 25.1. The lowest BCUT2D eigenvalue weighted by molar-refractivity contribution is 0.0915. The molecule has 1 unspecified atom stereocenters. The largest absolute Gasteiger partial charge is 0.396 e. The molecule has 1 aromatic carbocycles. The Morgan fingerprint density at radius 3 is 2.58 bits per heavy atom. The van der Waals surface area contributed by atoms with Gasteiger partial charge in [-0.1, -0.05) is 26.0 Å². The molecule has 0 aliphatic carbocycles. The molecule has 0 radical (unpaired) electrons. The van der Waals surface area contributed by atoms with Crippen LogP contribution in [0.1, 0.15) is 40.3 Å². The molecule has 0 bridgehead atoms. The Kier molecular flexibility index (Phi) is 6.52. The van der Waals surface area contributed by atoms with Crippen LogP contribution in [0.4, 0.5) is 5.69 Å². The average molecular weight is 346 g/mol. The first-order chi connectivity index (χ1) is 11.5. The van der Waals surface area contributed by atoms with Gasteiger partial charge in [0.05, 0.1) is 4.88 Å². The van der Waals surface area contributed by atoms with Gasteiger partial charge in [-0.25, -0.2) is 0 Å². The molecule has 0 saturated heterocycles. The van der Waals surface area contributed by atoms with Crippen molar-refractivity contribution in [2.45, 2.75) is 26.3 Å². The molecule has 0 spiro atoms. The monoisotopic (exact) mass is 346 g/mol. The summed E-state index contributed by atoms with van der Waals surface area (Å²) in [6.07, 6.45) is 0.512. The van der Waals surface area contributed by atoms with Crippen LogP contribution in [-0.4, -0.2) is 29.6 Å². The zero-order valence-corrected chi connectivity index (χ0v) is 14.6. The highest BCUT2D eigenvalue weighted by Gasteiger charge is 2.17. The van der Waals surface area contributed by atoms with Crippen LogP contribution >= 0.6 is 11.3 Å². The van der Waals surface area contributed by atoms with E-state index in [2.05, 4.69) is 10.6 Å². The molecular weight excluding hydrogens is 324 g/mol. The van der Waals surface area contributed by atoms with Crippen LogP contribution in [0, 0.1) is 5.92 Å². The second-order valence-electron chi connectivity index (χ2n) is 5.85. The van der Waals surface area contributed by atoms with E-state index in [0.29, 0.717) is 22.5 Å². The van der Waals surface area contributed by atoms with Gasteiger partial charge in [0, 0.05) is 23.9 Å². The van der Waals surface area contributed by atoms with E-state index in [4.69, 9.17) is 5.11 Å². The van der Waals surface area contributed by atoms with Gasteiger partial charge < -0.3 is 15.7 Å². The van der Waals surface area contributed by atoms with Crippen molar-refractivity contribution >= 4 is 28.8 Å². The first-order valence-corrected chi connectivity index (χ1v) is 8.76. The van der Waals surface area contributed by atoms with Gasteiger partial charge in [0.15, 0.2) is 0 Å². The summed E-state index contributed by atoms with van der Waals surface area (Å²) in [7, 11) is 0. The van der Waals surface area contributed by atoms with Crippen LogP contribution in [0.2, 0.25) is 0 Å². The number of nitrogens with one attached hydrogen (secondary N) is 2. The van der Waals surface area contributed by atoms with Crippen molar-refractivity contribution in [1.29, 1.82) is 0 Å². The molecule has 0 fully saturated rings. The van der Waals surface area contributed by atoms with E-state index >= 15 is 0 Å². The van der Waals surface area contributed by atoms with Crippen molar-refractivity contribution in [3.63, 3.8) is 0 Å². The van der Waals surface area contributed by atoms with Crippen LogP contribution < -0.4 is 10.6 Å². The maximum Gasteiger partial charge on any atom is 0.265 e. The Bertz CT molecular complexity index is 683. The molecule has 24 heavy (non-hydrogen) atoms. The summed E-state index contributed by atoms with van der Waals surface area (Å²) in [6.45, 7) is 4.02. The second kappa shape index (κ2) is 8.61. The summed E-state index contributed by atoms with van der Waals surface area (Å²) in [6, 6.07) is 10.3. The van der Waals surface area contributed by atoms with Crippen molar-refractivity contribution in [3.05, 3.63) is 52.2 Å². The van der Waals surface area contributed by atoms with Crippen LogP contribution in [-0.2, 0) is 0 Å². The minimum atomic E-state index is -0.214. The van der Waals surface area contributed by atoms with E-state index in [9.17, 15) is 9.59 Å². The summed E-state index contributed by atoms with van der Waals surface area (Å²) in [5, 5.41) is 16.7. The van der Waals surface area contributed by atoms with Crippen LogP contribution in [0.25, 0.3) is 0 Å². The molecule has 0 aliphatic heterocycles. The molecular formula is C18H22N2O3S. The molecule has 2 rings (SSSR count). The lowest BCUT2D eigenvalue weighted by Crippen LogP contribution is -2.39. The van der Waals surface area contributed by atoms with Crippen LogP contribution in [0.15, 0.2) is 41.8 Å². The third kappa shape index (κ3) is 4.91. The molecule has 1 heterocycles. The number of thiophene rings is 1. The van der Waals surface area contributed by atoms with Gasteiger partial charge in [-0.15, -0.1) is 11.3 Å². The minimum Gasteiger partial charge on any atom is -0.396 e. The molecule has 2 amide bonds. The SMILES string of the molecule is CC(C)C(CCO)NC(=O)c1cccc(NC(=O)c2cccs2)c1. The Hall–Kier alpha value is -2.18. The number of carbonyl (C=O) groups excluding carboxylic acids is 2. The predicted octanol–water partition coefficient (Wildman–Crippen LogP) is 3.14. The fourth-order valence-electron chi connectivity index (χ4n) is 2.30. The fourth-order valence-corrected chi connectivity index (χ4v) is 2.92. The molecule has 3 N–H and O–H groups in total. The summed E-state index contributed by atoms with van der Waals surface area (Å²) >= 11 is 1.36. The van der Waals surface area contributed by atoms with E-state index < -0.39 is 0 Å². The summed E-state index contributed by atoms with van der Waals surface area (Å²) < 4.78 is 0. The third-order valence-electron chi connectivity index (χ3n) is 3.69. The Morgan fingerprint density at radius 1 is 1.17 bits per heavy atom. The molecule has 0 aliphatic rings. The van der Waals surface area contributed by atoms with Crippen molar-refractivity contribution in [3.8, 4) is 0 Å². The first kappa shape index (κ1) is 18.2. The number of amides is 2. The third-order valence-corrected chi connectivity index (χ3v) is 4.56. The summed E-state index contributed by atoms with van der Waals surface area (Å²) in [5.41, 5.74) is 1.05. The highest BCUT2D eigenvalue weighted by Crippen LogP contribution is 2.15. The van der Waals surface area contributed by atoms with Gasteiger partial charge in [-0.05, 0) is 42.0 Å². The number of hydrogen-bond acceptors (Lipinski definition) is 4. The van der Waals surface area contributed by atoms with E-state index in [-0.39, 0.29) is 30.4 Å². The number of anilines is 1. The molecule has 6 heteroatoms. The average Bonchev–Trinajstić information content (AvgIpc) is 3.09. The maximum atomic E-state index is 12.4. The van der Waals surface area contributed by atoms with Gasteiger partial charge in [-0.2, -0.15) is 0 Å². The second-order valence-corrected chi connectivity index (χ2v) is 6.80. The predicted molar refractivity (Wildman–Crippen MR) is 96.5 cm³/mol. The van der Waals surface area contributed by atoms with Gasteiger partial charge in [0.25, 0.3) is 11.8 Å². The fraction of sp³-hybridized carbons (Fsp3) is 0.333. The molecule has 1 atom stereocenters. The van der Waals surface area contributed by atoms with E-state index in [1.54, 1.807) is 30.3 Å². The number of benzene rings is 1. The van der Waals surface area contributed by atoms with E-state index in [0.717, 1.165) is 0 Å². The minimum absolute atomic E-state index is 0.0278. The van der Waals surface area contributed by atoms with Gasteiger partial charge in [0.2, 0.25) is 0 Å². The Balaban J connectivity index is 2.06. The van der Waals surface area contributed by atoms with Gasteiger partial charge in [0.1, 0.15) is 0 Å². The van der Waals surface area contributed by atoms with Crippen LogP contribution in [0.3, 0.4) is 0 Å². The lowest BCUT2D eigenvalue weighted by Gasteiger charge is -2.21. The molecule has 5 nitrogen and oxygen atoms in total. The van der Waals surface area contributed by atoms with E-state index in [1.165, 1.54) is 11.3 Å². The zero-order chi connectivity index (χ0) is 17.5. The van der Waals surface area contributed by atoms with Crippen LogP contribution in [0.5, 0.6) is 0 Å². The van der Waals surface area contributed by atoms with Gasteiger partial charge in [-0.3, -0.25) is 9.59 Å². The van der Waals surface area contributed by atoms with E-state index in [1.807, 2.05) is 25.3 Å². The van der Waals surface area contributed by atoms with Gasteiger partial charge >= 0.3 is 0 Å². The molecule has 0 saturated carbocycles.